The van der Waals surface area contributed by atoms with Crippen LogP contribution in [0.5, 0.6) is 11.6 Å². The SMILES string of the molecule is CNC(=O)/C=C/c1ccc(-c2ccc(OC3C[C@H]4CC[C@@H](C3)N4)nn2)c(O)c1. The lowest BCUT2D eigenvalue weighted by Crippen LogP contribution is -2.42. The molecule has 7 nitrogen and oxygen atoms in total. The summed E-state index contributed by atoms with van der Waals surface area (Å²) in [5, 5.41) is 24.8. The van der Waals surface area contributed by atoms with Crippen LogP contribution in [-0.2, 0) is 4.79 Å². The second kappa shape index (κ2) is 7.98. The summed E-state index contributed by atoms with van der Waals surface area (Å²) in [7, 11) is 1.56. The fraction of sp³-hybridized carbons (Fsp3) is 0.381. The normalized spacial score (nSPS) is 23.7. The van der Waals surface area contributed by atoms with Gasteiger partial charge in [0.25, 0.3) is 0 Å². The van der Waals surface area contributed by atoms with Crippen LogP contribution in [0.25, 0.3) is 17.3 Å². The minimum atomic E-state index is -0.202. The van der Waals surface area contributed by atoms with Crippen LogP contribution < -0.4 is 15.4 Å². The van der Waals surface area contributed by atoms with Gasteiger partial charge in [-0.25, -0.2) is 0 Å². The van der Waals surface area contributed by atoms with Crippen molar-refractivity contribution in [2.45, 2.75) is 43.9 Å². The third-order valence-corrected chi connectivity index (χ3v) is 5.33. The molecule has 2 aliphatic heterocycles. The number of rotatable bonds is 5. The minimum absolute atomic E-state index is 0.0805. The van der Waals surface area contributed by atoms with Crippen molar-refractivity contribution >= 4 is 12.0 Å². The van der Waals surface area contributed by atoms with Crippen molar-refractivity contribution in [3.8, 4) is 22.9 Å². The Morgan fingerprint density at radius 1 is 1.21 bits per heavy atom. The minimum Gasteiger partial charge on any atom is -0.507 e. The molecule has 2 bridgehead atoms. The number of nitrogens with one attached hydrogen (secondary N) is 2. The second-order valence-corrected chi connectivity index (χ2v) is 7.33. The first-order chi connectivity index (χ1) is 13.6. The molecule has 28 heavy (non-hydrogen) atoms. The van der Waals surface area contributed by atoms with Crippen molar-refractivity contribution in [3.05, 3.63) is 42.0 Å². The second-order valence-electron chi connectivity index (χ2n) is 7.33. The van der Waals surface area contributed by atoms with E-state index in [2.05, 4.69) is 20.8 Å². The molecule has 1 unspecified atom stereocenters. The molecule has 1 aromatic carbocycles. The molecule has 146 valence electrons. The number of amides is 1. The van der Waals surface area contributed by atoms with Gasteiger partial charge in [-0.3, -0.25) is 4.79 Å². The van der Waals surface area contributed by atoms with Crippen LogP contribution in [-0.4, -0.2) is 46.4 Å². The molecule has 0 radical (unpaired) electrons. The van der Waals surface area contributed by atoms with E-state index in [1.54, 1.807) is 37.4 Å². The molecule has 3 heterocycles. The lowest BCUT2D eigenvalue weighted by Gasteiger charge is -2.28. The summed E-state index contributed by atoms with van der Waals surface area (Å²) >= 11 is 0. The van der Waals surface area contributed by atoms with E-state index in [9.17, 15) is 9.90 Å². The number of nitrogens with zero attached hydrogens (tertiary/aromatic N) is 2. The van der Waals surface area contributed by atoms with Crippen LogP contribution in [0.3, 0.4) is 0 Å². The molecule has 1 amide bonds. The Hall–Kier alpha value is -2.93. The van der Waals surface area contributed by atoms with Crippen LogP contribution >= 0.6 is 0 Å². The number of hydrogen-bond donors (Lipinski definition) is 3. The van der Waals surface area contributed by atoms with Crippen molar-refractivity contribution < 1.29 is 14.6 Å². The molecular formula is C21H24N4O3. The number of carbonyl (C=O) groups excluding carboxylic acids is 1. The van der Waals surface area contributed by atoms with Gasteiger partial charge in [-0.1, -0.05) is 6.07 Å². The summed E-state index contributed by atoms with van der Waals surface area (Å²) in [6.07, 6.45) is 7.69. The molecule has 2 aromatic rings. The maximum Gasteiger partial charge on any atom is 0.243 e. The Balaban J connectivity index is 1.43. The van der Waals surface area contributed by atoms with Gasteiger partial charge in [0.1, 0.15) is 11.9 Å². The fourth-order valence-corrected chi connectivity index (χ4v) is 3.92. The van der Waals surface area contributed by atoms with Crippen LogP contribution in [0.4, 0.5) is 0 Å². The first kappa shape index (κ1) is 18.4. The molecule has 0 spiro atoms. The molecule has 2 aliphatic rings. The Morgan fingerprint density at radius 3 is 2.64 bits per heavy atom. The van der Waals surface area contributed by atoms with E-state index in [0.717, 1.165) is 18.4 Å². The lowest BCUT2D eigenvalue weighted by atomic mass is 10.0. The van der Waals surface area contributed by atoms with Crippen molar-refractivity contribution in [1.82, 2.24) is 20.8 Å². The Kier molecular flexibility index (Phi) is 5.25. The predicted molar refractivity (Wildman–Crippen MR) is 106 cm³/mol. The van der Waals surface area contributed by atoms with E-state index in [1.807, 2.05) is 6.07 Å². The monoisotopic (exact) mass is 380 g/mol. The zero-order chi connectivity index (χ0) is 19.5. The summed E-state index contributed by atoms with van der Waals surface area (Å²) in [6, 6.07) is 9.87. The first-order valence-electron chi connectivity index (χ1n) is 9.60. The van der Waals surface area contributed by atoms with E-state index in [4.69, 9.17) is 4.74 Å². The third kappa shape index (κ3) is 4.14. The predicted octanol–water partition coefficient (Wildman–Crippen LogP) is 2.27. The number of aromatic nitrogens is 2. The summed E-state index contributed by atoms with van der Waals surface area (Å²) < 4.78 is 6.02. The smallest absolute Gasteiger partial charge is 0.243 e. The number of benzene rings is 1. The molecule has 7 heteroatoms. The Morgan fingerprint density at radius 2 is 2.00 bits per heavy atom. The average molecular weight is 380 g/mol. The highest BCUT2D eigenvalue weighted by molar-refractivity contribution is 5.91. The Bertz CT molecular complexity index is 870. The summed E-state index contributed by atoms with van der Waals surface area (Å²) in [5.74, 6) is 0.392. The van der Waals surface area contributed by atoms with Gasteiger partial charge >= 0.3 is 0 Å². The third-order valence-electron chi connectivity index (χ3n) is 5.33. The summed E-state index contributed by atoms with van der Waals surface area (Å²) in [4.78, 5) is 11.3. The van der Waals surface area contributed by atoms with E-state index in [1.165, 1.54) is 18.9 Å². The van der Waals surface area contributed by atoms with Gasteiger partial charge in [-0.05, 0) is 55.5 Å². The number of fused-ring (bicyclic) bond motifs is 2. The van der Waals surface area contributed by atoms with Gasteiger partial charge in [0.05, 0.1) is 5.69 Å². The zero-order valence-electron chi connectivity index (χ0n) is 15.8. The molecule has 2 fully saturated rings. The van der Waals surface area contributed by atoms with Gasteiger partial charge in [0.15, 0.2) is 0 Å². The van der Waals surface area contributed by atoms with Crippen molar-refractivity contribution in [1.29, 1.82) is 0 Å². The number of hydrogen-bond acceptors (Lipinski definition) is 6. The molecule has 1 aromatic heterocycles. The maximum atomic E-state index is 11.3. The molecule has 0 saturated carbocycles. The van der Waals surface area contributed by atoms with Crippen LogP contribution in [0.15, 0.2) is 36.4 Å². The van der Waals surface area contributed by atoms with Gasteiger partial charge in [-0.2, -0.15) is 0 Å². The highest BCUT2D eigenvalue weighted by atomic mass is 16.5. The molecule has 3 atom stereocenters. The number of phenolic OH excluding ortho intramolecular Hbond substituents is 1. The van der Waals surface area contributed by atoms with Gasteiger partial charge < -0.3 is 20.5 Å². The van der Waals surface area contributed by atoms with Crippen molar-refractivity contribution in [2.75, 3.05) is 7.05 Å². The molecule has 0 aliphatic carbocycles. The van der Waals surface area contributed by atoms with E-state index < -0.39 is 0 Å². The van der Waals surface area contributed by atoms with E-state index in [0.29, 0.717) is 29.2 Å². The number of ether oxygens (including phenoxy) is 1. The quantitative estimate of drug-likeness (QED) is 0.689. The van der Waals surface area contributed by atoms with Gasteiger partial charge in [0, 0.05) is 36.8 Å². The topological polar surface area (TPSA) is 96.4 Å². The van der Waals surface area contributed by atoms with E-state index in [-0.39, 0.29) is 17.8 Å². The van der Waals surface area contributed by atoms with Gasteiger partial charge in [-0.15, -0.1) is 10.2 Å². The number of likely N-dealkylation sites (N-methyl/N-ethyl adjacent to an activating group) is 1. The first-order valence-corrected chi connectivity index (χ1v) is 9.60. The number of phenols is 1. The van der Waals surface area contributed by atoms with Gasteiger partial charge in [0.2, 0.25) is 11.8 Å². The van der Waals surface area contributed by atoms with Crippen LogP contribution in [0.2, 0.25) is 0 Å². The Labute approximate surface area is 163 Å². The molecule has 2 saturated heterocycles. The average Bonchev–Trinajstić information content (AvgIpc) is 3.05. The van der Waals surface area contributed by atoms with Crippen molar-refractivity contribution in [2.24, 2.45) is 0 Å². The highest BCUT2D eigenvalue weighted by Crippen LogP contribution is 2.31. The standard InChI is InChI=1S/C21H24N4O3/c1-22-20(27)8-3-13-2-6-17(19(26)10-13)18-7-9-21(25-24-18)28-16-11-14-4-5-15(12-16)23-14/h2-3,6-10,14-16,23,26H,4-5,11-12H2,1H3,(H,22,27)/b8-3+/t14-,15+,16?. The fourth-order valence-electron chi connectivity index (χ4n) is 3.92. The zero-order valence-corrected chi connectivity index (χ0v) is 15.8. The van der Waals surface area contributed by atoms with E-state index >= 15 is 0 Å². The molecule has 3 N–H and O–H groups in total. The number of aromatic hydroxyl groups is 1. The highest BCUT2D eigenvalue weighted by Gasteiger charge is 2.34. The summed E-state index contributed by atoms with van der Waals surface area (Å²) in [6.45, 7) is 0. The van der Waals surface area contributed by atoms with Crippen LogP contribution in [0.1, 0.15) is 31.2 Å². The summed E-state index contributed by atoms with van der Waals surface area (Å²) in [5.41, 5.74) is 1.87. The van der Waals surface area contributed by atoms with Crippen LogP contribution in [0, 0.1) is 0 Å². The number of piperidine rings is 1. The largest absolute Gasteiger partial charge is 0.507 e. The molecule has 4 rings (SSSR count). The lowest BCUT2D eigenvalue weighted by molar-refractivity contribution is -0.115. The number of carbonyl (C=O) groups is 1. The van der Waals surface area contributed by atoms with Crippen molar-refractivity contribution in [3.63, 3.8) is 0 Å². The maximum absolute atomic E-state index is 11.3. The molecular weight excluding hydrogens is 356 g/mol.